The molecule has 4 saturated carbocycles. The number of hydrogen-bond acceptors (Lipinski definition) is 5. The van der Waals surface area contributed by atoms with Crippen LogP contribution in [0.3, 0.4) is 0 Å². The molecule has 0 saturated heterocycles. The van der Waals surface area contributed by atoms with Crippen molar-refractivity contribution in [3.05, 3.63) is 39.3 Å². The van der Waals surface area contributed by atoms with Crippen LogP contribution in [0.4, 0.5) is 5.13 Å². The minimum absolute atomic E-state index is 0.184. The molecule has 28 heavy (non-hydrogen) atoms. The molecule has 4 aliphatic rings. The lowest BCUT2D eigenvalue weighted by atomic mass is 9.49. The highest BCUT2D eigenvalue weighted by atomic mass is 32.1. The van der Waals surface area contributed by atoms with Gasteiger partial charge < -0.3 is 0 Å². The summed E-state index contributed by atoms with van der Waals surface area (Å²) >= 11 is 1.50. The van der Waals surface area contributed by atoms with Gasteiger partial charge in [-0.1, -0.05) is 6.92 Å². The highest BCUT2D eigenvalue weighted by Crippen LogP contribution is 2.60. The van der Waals surface area contributed by atoms with E-state index in [0.717, 1.165) is 24.2 Å². The fourth-order valence-corrected chi connectivity index (χ4v) is 6.93. The van der Waals surface area contributed by atoms with Gasteiger partial charge in [0, 0.05) is 23.4 Å². The van der Waals surface area contributed by atoms with E-state index in [9.17, 15) is 9.59 Å². The second-order valence-electron chi connectivity index (χ2n) is 8.97. The van der Waals surface area contributed by atoms with E-state index in [1.54, 1.807) is 0 Å². The van der Waals surface area contributed by atoms with Gasteiger partial charge in [-0.15, -0.1) is 11.3 Å². The zero-order valence-electron chi connectivity index (χ0n) is 16.2. The van der Waals surface area contributed by atoms with E-state index in [1.807, 2.05) is 6.92 Å². The summed E-state index contributed by atoms with van der Waals surface area (Å²) in [6, 6.07) is 2.89. The van der Waals surface area contributed by atoms with Gasteiger partial charge in [0.05, 0.1) is 5.69 Å². The van der Waals surface area contributed by atoms with Crippen LogP contribution in [0.15, 0.2) is 22.3 Å². The van der Waals surface area contributed by atoms with Crippen molar-refractivity contribution in [1.29, 1.82) is 0 Å². The van der Waals surface area contributed by atoms with Crippen LogP contribution in [0.25, 0.3) is 0 Å². The molecule has 7 heteroatoms. The zero-order chi connectivity index (χ0) is 19.3. The summed E-state index contributed by atoms with van der Waals surface area (Å²) < 4.78 is 1.34. The maximum Gasteiger partial charge on any atom is 0.277 e. The highest BCUT2D eigenvalue weighted by Gasteiger charge is 2.52. The van der Waals surface area contributed by atoms with E-state index in [-0.39, 0.29) is 22.6 Å². The number of thiazole rings is 1. The second-order valence-corrected chi connectivity index (χ2v) is 9.83. The van der Waals surface area contributed by atoms with Gasteiger partial charge in [0.2, 0.25) is 0 Å². The van der Waals surface area contributed by atoms with Crippen LogP contribution in [0.1, 0.15) is 68.1 Å². The topological polar surface area (TPSA) is 76.9 Å². The van der Waals surface area contributed by atoms with E-state index in [1.165, 1.54) is 72.4 Å². The normalized spacial score (nSPS) is 30.5. The predicted molar refractivity (Wildman–Crippen MR) is 109 cm³/mol. The van der Waals surface area contributed by atoms with Crippen molar-refractivity contribution in [1.82, 2.24) is 14.8 Å². The van der Waals surface area contributed by atoms with Crippen LogP contribution in [0.5, 0.6) is 0 Å². The first kappa shape index (κ1) is 18.0. The number of nitrogens with one attached hydrogen (secondary N) is 1. The summed E-state index contributed by atoms with van der Waals surface area (Å²) in [5.41, 5.74) is 1.48. The number of anilines is 1. The molecule has 0 atom stereocenters. The fraction of sp³-hybridized carbons (Fsp3) is 0.619. The Kier molecular flexibility index (Phi) is 4.38. The summed E-state index contributed by atoms with van der Waals surface area (Å²) in [7, 11) is 0. The van der Waals surface area contributed by atoms with Crippen LogP contribution in [0, 0.1) is 17.8 Å². The minimum Gasteiger partial charge on any atom is -0.296 e. The van der Waals surface area contributed by atoms with Gasteiger partial charge in [-0.05, 0) is 68.8 Å². The molecule has 4 bridgehead atoms. The standard InChI is InChI=1S/C21H26N4O2S/c1-2-5-25-18(26)4-3-16(24-25)19(27)23-20-22-17(12-28-20)21-9-13-6-14(10-21)8-15(7-13)11-21/h3-4,12-15H,2,5-11H2,1H3,(H,22,23,27). The fourth-order valence-electron chi connectivity index (χ4n) is 6.10. The number of nitrogens with zero attached hydrogens (tertiary/aromatic N) is 3. The summed E-state index contributed by atoms with van der Waals surface area (Å²) in [5.74, 6) is 2.30. The Bertz CT molecular complexity index is 928. The number of carbonyl (C=O) groups is 1. The highest BCUT2D eigenvalue weighted by molar-refractivity contribution is 7.14. The van der Waals surface area contributed by atoms with E-state index in [4.69, 9.17) is 4.98 Å². The van der Waals surface area contributed by atoms with Crippen molar-refractivity contribution in [3.63, 3.8) is 0 Å². The molecule has 0 spiro atoms. The molecule has 4 aliphatic carbocycles. The lowest BCUT2D eigenvalue weighted by Gasteiger charge is -2.56. The molecule has 148 valence electrons. The van der Waals surface area contributed by atoms with Gasteiger partial charge in [-0.25, -0.2) is 9.67 Å². The van der Waals surface area contributed by atoms with Crippen LogP contribution < -0.4 is 10.9 Å². The number of rotatable bonds is 5. The molecule has 0 radical (unpaired) electrons. The Hall–Kier alpha value is -2.02. The smallest absolute Gasteiger partial charge is 0.277 e. The quantitative estimate of drug-likeness (QED) is 0.830. The number of aryl methyl sites for hydroxylation is 1. The molecule has 1 N–H and O–H groups in total. The molecule has 2 heterocycles. The Balaban J connectivity index is 1.34. The Labute approximate surface area is 168 Å². The molecule has 6 rings (SSSR count). The second kappa shape index (κ2) is 6.79. The molecular formula is C21H26N4O2S. The monoisotopic (exact) mass is 398 g/mol. The summed E-state index contributed by atoms with van der Waals surface area (Å²) in [6.07, 6.45) is 8.81. The lowest BCUT2D eigenvalue weighted by Crippen LogP contribution is -2.48. The largest absolute Gasteiger partial charge is 0.296 e. The Morgan fingerprint density at radius 2 is 1.89 bits per heavy atom. The number of amides is 1. The van der Waals surface area contributed by atoms with Gasteiger partial charge in [0.25, 0.3) is 11.5 Å². The third-order valence-corrected chi connectivity index (χ3v) is 7.60. The van der Waals surface area contributed by atoms with Gasteiger partial charge in [0.15, 0.2) is 5.13 Å². The average molecular weight is 399 g/mol. The molecule has 2 aromatic rings. The van der Waals surface area contributed by atoms with Gasteiger partial charge in [0.1, 0.15) is 5.69 Å². The predicted octanol–water partition coefficient (Wildman–Crippen LogP) is 3.83. The van der Waals surface area contributed by atoms with E-state index in [2.05, 4.69) is 15.8 Å². The third-order valence-electron chi connectivity index (χ3n) is 6.84. The molecule has 0 aromatic carbocycles. The molecular weight excluding hydrogens is 372 g/mol. The lowest BCUT2D eigenvalue weighted by molar-refractivity contribution is -0.00688. The van der Waals surface area contributed by atoms with E-state index in [0.29, 0.717) is 11.7 Å². The summed E-state index contributed by atoms with van der Waals surface area (Å²) in [4.78, 5) is 29.3. The van der Waals surface area contributed by atoms with Crippen LogP contribution in [-0.2, 0) is 12.0 Å². The van der Waals surface area contributed by atoms with Crippen molar-refractivity contribution < 1.29 is 4.79 Å². The van der Waals surface area contributed by atoms with Crippen molar-refractivity contribution >= 4 is 22.4 Å². The summed E-state index contributed by atoms with van der Waals surface area (Å²) in [6.45, 7) is 2.48. The van der Waals surface area contributed by atoms with Crippen molar-refractivity contribution in [2.24, 2.45) is 17.8 Å². The molecule has 6 nitrogen and oxygen atoms in total. The Morgan fingerprint density at radius 1 is 1.21 bits per heavy atom. The molecule has 4 fully saturated rings. The maximum atomic E-state index is 12.6. The van der Waals surface area contributed by atoms with Crippen LogP contribution in [0.2, 0.25) is 0 Å². The van der Waals surface area contributed by atoms with Gasteiger partial charge in [-0.2, -0.15) is 5.10 Å². The molecule has 0 unspecified atom stereocenters. The van der Waals surface area contributed by atoms with E-state index < -0.39 is 0 Å². The maximum absolute atomic E-state index is 12.6. The van der Waals surface area contributed by atoms with Crippen molar-refractivity contribution in [3.8, 4) is 0 Å². The zero-order valence-corrected chi connectivity index (χ0v) is 17.0. The average Bonchev–Trinajstić information content (AvgIpc) is 3.12. The SMILES string of the molecule is CCCn1nc(C(=O)Nc2nc(C34CC5CC(CC(C5)C3)C4)cs2)ccc1=O. The van der Waals surface area contributed by atoms with Gasteiger partial charge >= 0.3 is 0 Å². The van der Waals surface area contributed by atoms with Crippen molar-refractivity contribution in [2.75, 3.05) is 5.32 Å². The third kappa shape index (κ3) is 3.09. The van der Waals surface area contributed by atoms with Gasteiger partial charge in [-0.3, -0.25) is 14.9 Å². The first-order valence-corrected chi connectivity index (χ1v) is 11.3. The first-order chi connectivity index (χ1) is 13.5. The van der Waals surface area contributed by atoms with Crippen LogP contribution in [-0.4, -0.2) is 20.7 Å². The van der Waals surface area contributed by atoms with Crippen LogP contribution >= 0.6 is 11.3 Å². The van der Waals surface area contributed by atoms with Crippen molar-refractivity contribution in [2.45, 2.75) is 63.8 Å². The molecule has 2 aromatic heterocycles. The molecule has 0 aliphatic heterocycles. The molecule has 1 amide bonds. The number of carbonyl (C=O) groups excluding carboxylic acids is 1. The minimum atomic E-state index is -0.309. The number of hydrogen-bond donors (Lipinski definition) is 1. The van der Waals surface area contributed by atoms with E-state index >= 15 is 0 Å². The summed E-state index contributed by atoms with van der Waals surface area (Å²) in [5, 5.41) is 9.86. The first-order valence-electron chi connectivity index (χ1n) is 10.4. The number of aromatic nitrogens is 3. The Morgan fingerprint density at radius 3 is 2.54 bits per heavy atom.